The van der Waals surface area contributed by atoms with Crippen LogP contribution in [0.5, 0.6) is 0 Å². The molecule has 0 bridgehead atoms. The maximum absolute atomic E-state index is 10.4. The van der Waals surface area contributed by atoms with Crippen LogP contribution in [-0.2, 0) is 6.42 Å². The Balaban J connectivity index is 1.90. The van der Waals surface area contributed by atoms with Crippen molar-refractivity contribution in [2.75, 3.05) is 17.2 Å². The largest absolute Gasteiger partial charge is 0.387 e. The van der Waals surface area contributed by atoms with E-state index in [9.17, 15) is 5.11 Å². The van der Waals surface area contributed by atoms with Gasteiger partial charge in [0.05, 0.1) is 16.7 Å². The number of thiazole rings is 1. The zero-order valence-corrected chi connectivity index (χ0v) is 14.4. The summed E-state index contributed by atoms with van der Waals surface area (Å²) in [7, 11) is 0. The van der Waals surface area contributed by atoms with Crippen LogP contribution in [0.15, 0.2) is 0 Å². The molecule has 1 fully saturated rings. The minimum absolute atomic E-state index is 0.161. The van der Waals surface area contributed by atoms with Crippen molar-refractivity contribution < 1.29 is 5.11 Å². The quantitative estimate of drug-likeness (QED) is 0.861. The summed E-state index contributed by atoms with van der Waals surface area (Å²) in [4.78, 5) is 8.42. The highest BCUT2D eigenvalue weighted by Gasteiger charge is 2.36. The molecule has 1 saturated heterocycles. The summed E-state index contributed by atoms with van der Waals surface area (Å²) in [6, 6.07) is 0.520. The molecule has 20 heavy (non-hydrogen) atoms. The van der Waals surface area contributed by atoms with Crippen molar-refractivity contribution in [3.05, 3.63) is 10.6 Å². The molecule has 5 heteroatoms. The molecule has 1 aliphatic carbocycles. The van der Waals surface area contributed by atoms with E-state index in [0.717, 1.165) is 35.1 Å². The van der Waals surface area contributed by atoms with Crippen molar-refractivity contribution in [3.63, 3.8) is 0 Å². The summed E-state index contributed by atoms with van der Waals surface area (Å²) in [6.45, 7) is 10.1. The fourth-order valence-electron chi connectivity index (χ4n) is 3.21. The van der Waals surface area contributed by atoms with Crippen LogP contribution < -0.4 is 4.90 Å². The zero-order chi connectivity index (χ0) is 14.5. The van der Waals surface area contributed by atoms with Crippen LogP contribution in [-0.4, -0.2) is 33.7 Å². The normalized spacial score (nSPS) is 33.0. The summed E-state index contributed by atoms with van der Waals surface area (Å²) < 4.78 is 0. The summed E-state index contributed by atoms with van der Waals surface area (Å²) >= 11 is 3.76. The average molecular weight is 313 g/mol. The summed E-state index contributed by atoms with van der Waals surface area (Å²) in [5.74, 6) is 1.17. The lowest BCUT2D eigenvalue weighted by Gasteiger charge is -2.37. The zero-order valence-electron chi connectivity index (χ0n) is 12.7. The molecule has 0 radical (unpaired) electrons. The van der Waals surface area contributed by atoms with Crippen molar-refractivity contribution in [2.24, 2.45) is 5.41 Å². The summed E-state index contributed by atoms with van der Waals surface area (Å²) in [5, 5.41) is 12.1. The number of hydrogen-bond acceptors (Lipinski definition) is 5. The molecule has 3 atom stereocenters. The van der Waals surface area contributed by atoms with Crippen molar-refractivity contribution in [1.29, 1.82) is 0 Å². The first-order valence-electron chi connectivity index (χ1n) is 7.43. The molecule has 3 unspecified atom stereocenters. The highest BCUT2D eigenvalue weighted by Crippen LogP contribution is 2.45. The minimum Gasteiger partial charge on any atom is -0.387 e. The molecule has 1 aliphatic heterocycles. The second-order valence-corrected chi connectivity index (χ2v) is 9.37. The van der Waals surface area contributed by atoms with Gasteiger partial charge in [-0.15, -0.1) is 0 Å². The van der Waals surface area contributed by atoms with Crippen LogP contribution in [0.1, 0.15) is 50.8 Å². The van der Waals surface area contributed by atoms with Crippen LogP contribution in [0.4, 0.5) is 5.13 Å². The Hall–Kier alpha value is -0.260. The van der Waals surface area contributed by atoms with E-state index < -0.39 is 0 Å². The molecule has 0 saturated carbocycles. The maximum atomic E-state index is 10.4. The standard InChI is InChI=1S/C15H24N2OS2/c1-9-10(2)19-6-5-17(9)14-16-11-7-15(3,4)8-12(18)13(11)20-14/h9-10,12,18H,5-8H2,1-4H3. The topological polar surface area (TPSA) is 36.4 Å². The van der Waals surface area contributed by atoms with E-state index in [1.54, 1.807) is 11.3 Å². The first-order chi connectivity index (χ1) is 9.37. The number of anilines is 1. The van der Waals surface area contributed by atoms with Crippen molar-refractivity contribution >= 4 is 28.2 Å². The SMILES string of the molecule is CC1SCCN(c2nc3c(s2)C(O)CC(C)(C)C3)C1C. The lowest BCUT2D eigenvalue weighted by molar-refractivity contribution is 0.102. The van der Waals surface area contributed by atoms with Gasteiger partial charge in [-0.1, -0.05) is 32.1 Å². The van der Waals surface area contributed by atoms with Crippen LogP contribution in [0.2, 0.25) is 0 Å². The van der Waals surface area contributed by atoms with Gasteiger partial charge in [0.25, 0.3) is 0 Å². The van der Waals surface area contributed by atoms with E-state index in [4.69, 9.17) is 4.98 Å². The number of fused-ring (bicyclic) bond motifs is 1. The first-order valence-corrected chi connectivity index (χ1v) is 9.30. The first kappa shape index (κ1) is 14.7. The lowest BCUT2D eigenvalue weighted by Crippen LogP contribution is -2.44. The number of thioether (sulfide) groups is 1. The van der Waals surface area contributed by atoms with E-state index in [1.807, 2.05) is 11.8 Å². The van der Waals surface area contributed by atoms with E-state index >= 15 is 0 Å². The summed E-state index contributed by atoms with van der Waals surface area (Å²) in [6.07, 6.45) is 1.51. The van der Waals surface area contributed by atoms with Gasteiger partial charge in [0.15, 0.2) is 5.13 Å². The van der Waals surface area contributed by atoms with Crippen molar-refractivity contribution in [3.8, 4) is 0 Å². The average Bonchev–Trinajstić information content (AvgIpc) is 2.75. The number of rotatable bonds is 1. The van der Waals surface area contributed by atoms with Gasteiger partial charge in [0.2, 0.25) is 0 Å². The van der Waals surface area contributed by atoms with Gasteiger partial charge in [0, 0.05) is 23.6 Å². The Labute approximate surface area is 129 Å². The molecular formula is C15H24N2OS2. The van der Waals surface area contributed by atoms with E-state index in [-0.39, 0.29) is 11.5 Å². The van der Waals surface area contributed by atoms with Gasteiger partial charge >= 0.3 is 0 Å². The highest BCUT2D eigenvalue weighted by atomic mass is 32.2. The van der Waals surface area contributed by atoms with Gasteiger partial charge in [-0.25, -0.2) is 4.98 Å². The van der Waals surface area contributed by atoms with Crippen molar-refractivity contribution in [1.82, 2.24) is 4.98 Å². The Morgan fingerprint density at radius 2 is 2.10 bits per heavy atom. The highest BCUT2D eigenvalue weighted by molar-refractivity contribution is 8.00. The third-order valence-corrected chi connectivity index (χ3v) is 7.11. The second-order valence-electron chi connectivity index (χ2n) is 6.88. The minimum atomic E-state index is -0.327. The molecule has 1 N–H and O–H groups in total. The molecule has 0 spiro atoms. The van der Waals surface area contributed by atoms with E-state index in [1.165, 1.54) is 5.75 Å². The van der Waals surface area contributed by atoms with Crippen LogP contribution in [0, 0.1) is 5.41 Å². The molecule has 0 aromatic carbocycles. The maximum Gasteiger partial charge on any atom is 0.186 e. The predicted octanol–water partition coefficient (Wildman–Crippen LogP) is 3.48. The Morgan fingerprint density at radius 1 is 1.35 bits per heavy atom. The number of aliphatic hydroxyl groups is 1. The molecule has 3 rings (SSSR count). The molecule has 3 nitrogen and oxygen atoms in total. The third-order valence-electron chi connectivity index (χ3n) is 4.54. The van der Waals surface area contributed by atoms with Gasteiger partial charge in [-0.2, -0.15) is 11.8 Å². The van der Waals surface area contributed by atoms with Gasteiger partial charge in [0.1, 0.15) is 0 Å². The molecule has 112 valence electrons. The molecule has 1 aromatic rings. The smallest absolute Gasteiger partial charge is 0.186 e. The Kier molecular flexibility index (Phi) is 3.80. The Morgan fingerprint density at radius 3 is 2.85 bits per heavy atom. The third kappa shape index (κ3) is 2.60. The molecule has 2 heterocycles. The lowest BCUT2D eigenvalue weighted by atomic mass is 9.77. The Bertz CT molecular complexity index is 500. The molecular weight excluding hydrogens is 288 g/mol. The fraction of sp³-hybridized carbons (Fsp3) is 0.800. The number of hydrogen-bond donors (Lipinski definition) is 1. The van der Waals surface area contributed by atoms with Crippen LogP contribution >= 0.6 is 23.1 Å². The predicted molar refractivity (Wildman–Crippen MR) is 87.9 cm³/mol. The molecule has 2 aliphatic rings. The second kappa shape index (κ2) is 5.18. The number of aromatic nitrogens is 1. The number of nitrogens with zero attached hydrogens (tertiary/aromatic N) is 2. The van der Waals surface area contributed by atoms with E-state index in [2.05, 4.69) is 32.6 Å². The summed E-state index contributed by atoms with van der Waals surface area (Å²) in [5.41, 5.74) is 1.29. The molecule has 1 aromatic heterocycles. The fourth-order valence-corrected chi connectivity index (χ4v) is 5.49. The van der Waals surface area contributed by atoms with Crippen LogP contribution in [0.3, 0.4) is 0 Å². The van der Waals surface area contributed by atoms with Gasteiger partial charge in [-0.3, -0.25) is 0 Å². The van der Waals surface area contributed by atoms with Gasteiger partial charge in [-0.05, 0) is 25.2 Å². The monoisotopic (exact) mass is 312 g/mol. The van der Waals surface area contributed by atoms with Crippen LogP contribution in [0.25, 0.3) is 0 Å². The van der Waals surface area contributed by atoms with Gasteiger partial charge < -0.3 is 10.0 Å². The van der Waals surface area contributed by atoms with Crippen molar-refractivity contribution in [2.45, 2.75) is 57.9 Å². The number of aliphatic hydroxyl groups excluding tert-OH is 1. The molecule has 0 amide bonds. The van der Waals surface area contributed by atoms with E-state index in [0.29, 0.717) is 11.3 Å².